The van der Waals surface area contributed by atoms with E-state index in [0.29, 0.717) is 5.92 Å². The Hall–Kier alpha value is -0.0800. The third-order valence-electron chi connectivity index (χ3n) is 6.17. The largest absolute Gasteiger partial charge is 0.388 e. The fourth-order valence-electron chi connectivity index (χ4n) is 4.80. The van der Waals surface area contributed by atoms with Gasteiger partial charge in [0.05, 0.1) is 5.60 Å². The number of hydrogen-bond acceptors (Lipinski definition) is 2. The molecule has 4 aliphatic rings. The van der Waals surface area contributed by atoms with Gasteiger partial charge in [-0.15, -0.1) is 0 Å². The van der Waals surface area contributed by atoms with Crippen molar-refractivity contribution < 1.29 is 5.11 Å². The molecule has 4 rings (SSSR count). The molecule has 4 aliphatic carbocycles. The summed E-state index contributed by atoms with van der Waals surface area (Å²) in [5.74, 6) is 2.17. The predicted octanol–water partition coefficient (Wildman–Crippen LogP) is 2.84. The average molecular weight is 237 g/mol. The third-order valence-corrected chi connectivity index (χ3v) is 6.17. The van der Waals surface area contributed by atoms with E-state index in [4.69, 9.17) is 5.73 Å². The van der Waals surface area contributed by atoms with E-state index < -0.39 is 5.60 Å². The van der Waals surface area contributed by atoms with Crippen LogP contribution in [0.25, 0.3) is 0 Å². The molecular formula is C15H27NO. The Morgan fingerprint density at radius 3 is 2.06 bits per heavy atom. The first-order valence-electron chi connectivity index (χ1n) is 7.55. The summed E-state index contributed by atoms with van der Waals surface area (Å²) in [4.78, 5) is 0. The van der Waals surface area contributed by atoms with Crippen molar-refractivity contribution in [2.45, 2.75) is 75.9 Å². The summed E-state index contributed by atoms with van der Waals surface area (Å²) in [5, 5.41) is 11.1. The van der Waals surface area contributed by atoms with E-state index in [1.54, 1.807) is 0 Å². The Kier molecular flexibility index (Phi) is 2.79. The molecule has 1 atom stereocenters. The number of hydrogen-bond donors (Lipinski definition) is 2. The lowest BCUT2D eigenvalue weighted by Gasteiger charge is -2.58. The molecule has 0 spiro atoms. The zero-order valence-corrected chi connectivity index (χ0v) is 11.1. The van der Waals surface area contributed by atoms with E-state index in [1.807, 2.05) is 0 Å². The van der Waals surface area contributed by atoms with E-state index >= 15 is 0 Å². The highest BCUT2D eigenvalue weighted by Crippen LogP contribution is 2.54. The second-order valence-corrected chi connectivity index (χ2v) is 7.18. The molecule has 98 valence electrons. The van der Waals surface area contributed by atoms with E-state index in [-0.39, 0.29) is 5.54 Å². The lowest BCUT2D eigenvalue weighted by atomic mass is 9.52. The van der Waals surface area contributed by atoms with Gasteiger partial charge in [-0.05, 0) is 62.7 Å². The van der Waals surface area contributed by atoms with Crippen LogP contribution < -0.4 is 5.73 Å². The van der Waals surface area contributed by atoms with Gasteiger partial charge in [0.1, 0.15) is 0 Å². The Bertz CT molecular complexity index is 287. The molecule has 2 bridgehead atoms. The second kappa shape index (κ2) is 3.96. The normalized spacial score (nSPS) is 54.9. The Morgan fingerprint density at radius 1 is 1.00 bits per heavy atom. The van der Waals surface area contributed by atoms with Gasteiger partial charge in [-0.25, -0.2) is 0 Å². The van der Waals surface area contributed by atoms with Gasteiger partial charge in [-0.1, -0.05) is 19.8 Å². The summed E-state index contributed by atoms with van der Waals surface area (Å²) in [5.41, 5.74) is 5.94. The molecule has 0 amide bonds. The van der Waals surface area contributed by atoms with E-state index in [2.05, 4.69) is 6.92 Å². The van der Waals surface area contributed by atoms with Crippen molar-refractivity contribution in [3.8, 4) is 0 Å². The molecule has 4 fully saturated rings. The molecule has 0 heterocycles. The zero-order chi connectivity index (χ0) is 12.1. The minimum Gasteiger partial charge on any atom is -0.388 e. The van der Waals surface area contributed by atoms with Crippen LogP contribution in [0.4, 0.5) is 0 Å². The number of nitrogens with two attached hydrogens (primary N) is 1. The van der Waals surface area contributed by atoms with Gasteiger partial charge < -0.3 is 10.8 Å². The van der Waals surface area contributed by atoms with Gasteiger partial charge in [-0.3, -0.25) is 0 Å². The summed E-state index contributed by atoms with van der Waals surface area (Å²) >= 11 is 0. The lowest BCUT2D eigenvalue weighted by Crippen LogP contribution is -2.69. The van der Waals surface area contributed by atoms with Crippen LogP contribution in [0.1, 0.15) is 64.7 Å². The van der Waals surface area contributed by atoms with Gasteiger partial charge in [0.15, 0.2) is 0 Å². The summed E-state index contributed by atoms with van der Waals surface area (Å²) < 4.78 is 0. The number of fused-ring (bicyclic) bond motifs is 3. The van der Waals surface area contributed by atoms with Gasteiger partial charge in [0.2, 0.25) is 0 Å². The van der Waals surface area contributed by atoms with Crippen LogP contribution in [0.3, 0.4) is 0 Å². The molecule has 0 saturated heterocycles. The molecule has 3 N–H and O–H groups in total. The molecule has 0 radical (unpaired) electrons. The second-order valence-electron chi connectivity index (χ2n) is 7.18. The summed E-state index contributed by atoms with van der Waals surface area (Å²) in [6, 6.07) is 0. The standard InChI is InChI=1S/C15H27NO/c1-11-6-8-14(17,9-7-11)15(16)10-12-2-4-13(15)5-3-12/h11-13,17H,2-10,16H2,1H3. The van der Waals surface area contributed by atoms with Crippen LogP contribution in [-0.2, 0) is 0 Å². The van der Waals surface area contributed by atoms with Crippen LogP contribution in [0.2, 0.25) is 0 Å². The van der Waals surface area contributed by atoms with Crippen molar-refractivity contribution in [1.29, 1.82) is 0 Å². The van der Waals surface area contributed by atoms with Gasteiger partial charge >= 0.3 is 0 Å². The van der Waals surface area contributed by atoms with E-state index in [0.717, 1.165) is 43.9 Å². The topological polar surface area (TPSA) is 46.2 Å². The molecule has 0 aromatic heterocycles. The first-order valence-corrected chi connectivity index (χ1v) is 7.55. The Balaban J connectivity index is 1.82. The fourth-order valence-corrected chi connectivity index (χ4v) is 4.80. The SMILES string of the molecule is CC1CCC(O)(C2(N)CC3CCC2CC3)CC1. The maximum atomic E-state index is 11.1. The minimum atomic E-state index is -0.552. The molecule has 2 heteroatoms. The average Bonchev–Trinajstić information content (AvgIpc) is 2.34. The Labute approximate surface area is 105 Å². The number of aliphatic hydroxyl groups is 1. The summed E-state index contributed by atoms with van der Waals surface area (Å²) in [6.45, 7) is 2.30. The van der Waals surface area contributed by atoms with Gasteiger partial charge in [-0.2, -0.15) is 0 Å². The molecule has 4 saturated carbocycles. The van der Waals surface area contributed by atoms with E-state index in [1.165, 1.54) is 25.7 Å². The molecule has 2 nitrogen and oxygen atoms in total. The van der Waals surface area contributed by atoms with Crippen molar-refractivity contribution >= 4 is 0 Å². The molecular weight excluding hydrogens is 210 g/mol. The van der Waals surface area contributed by atoms with Crippen LogP contribution >= 0.6 is 0 Å². The van der Waals surface area contributed by atoms with Crippen LogP contribution in [0.15, 0.2) is 0 Å². The lowest BCUT2D eigenvalue weighted by molar-refractivity contribution is -0.129. The highest BCUT2D eigenvalue weighted by atomic mass is 16.3. The van der Waals surface area contributed by atoms with Crippen molar-refractivity contribution in [1.82, 2.24) is 0 Å². The highest BCUT2D eigenvalue weighted by Gasteiger charge is 2.56. The summed E-state index contributed by atoms with van der Waals surface area (Å²) in [7, 11) is 0. The molecule has 0 aliphatic heterocycles. The maximum Gasteiger partial charge on any atom is 0.0829 e. The third kappa shape index (κ3) is 1.76. The first-order chi connectivity index (χ1) is 8.03. The zero-order valence-electron chi connectivity index (χ0n) is 11.1. The molecule has 17 heavy (non-hydrogen) atoms. The molecule has 0 aromatic carbocycles. The monoisotopic (exact) mass is 237 g/mol. The maximum absolute atomic E-state index is 11.1. The quantitative estimate of drug-likeness (QED) is 0.736. The number of rotatable bonds is 1. The van der Waals surface area contributed by atoms with Crippen molar-refractivity contribution in [3.05, 3.63) is 0 Å². The summed E-state index contributed by atoms with van der Waals surface area (Å²) in [6.07, 6.45) is 10.5. The first kappa shape index (κ1) is 12.0. The van der Waals surface area contributed by atoms with Crippen molar-refractivity contribution in [3.63, 3.8) is 0 Å². The minimum absolute atomic E-state index is 0.256. The Morgan fingerprint density at radius 2 is 1.59 bits per heavy atom. The predicted molar refractivity (Wildman–Crippen MR) is 69.6 cm³/mol. The fraction of sp³-hybridized carbons (Fsp3) is 1.00. The highest BCUT2D eigenvalue weighted by molar-refractivity contribution is 5.13. The van der Waals surface area contributed by atoms with E-state index in [9.17, 15) is 5.11 Å². The van der Waals surface area contributed by atoms with Crippen LogP contribution in [0.5, 0.6) is 0 Å². The molecule has 0 aromatic rings. The van der Waals surface area contributed by atoms with Crippen molar-refractivity contribution in [2.75, 3.05) is 0 Å². The van der Waals surface area contributed by atoms with Gasteiger partial charge in [0, 0.05) is 5.54 Å². The van der Waals surface area contributed by atoms with Crippen molar-refractivity contribution in [2.24, 2.45) is 23.5 Å². The smallest absolute Gasteiger partial charge is 0.0829 e. The van der Waals surface area contributed by atoms with Crippen LogP contribution in [0, 0.1) is 17.8 Å². The van der Waals surface area contributed by atoms with Crippen LogP contribution in [-0.4, -0.2) is 16.2 Å². The van der Waals surface area contributed by atoms with Gasteiger partial charge in [0.25, 0.3) is 0 Å². The molecule has 1 unspecified atom stereocenters.